The second-order valence-electron chi connectivity index (χ2n) is 8.00. The number of guanidine groups is 1. The van der Waals surface area contributed by atoms with Crippen molar-refractivity contribution in [1.82, 2.24) is 24.7 Å². The van der Waals surface area contributed by atoms with E-state index in [1.54, 1.807) is 22.6 Å². The van der Waals surface area contributed by atoms with E-state index in [0.29, 0.717) is 30.4 Å². The van der Waals surface area contributed by atoms with Crippen molar-refractivity contribution in [1.29, 1.82) is 0 Å². The van der Waals surface area contributed by atoms with Crippen molar-refractivity contribution in [3.05, 3.63) is 48.3 Å². The van der Waals surface area contributed by atoms with Crippen molar-refractivity contribution >= 4 is 40.0 Å². The number of nitrogens with one attached hydrogen (secondary N) is 2. The zero-order valence-electron chi connectivity index (χ0n) is 18.9. The highest BCUT2D eigenvalue weighted by molar-refractivity contribution is 14.0. The van der Waals surface area contributed by atoms with Gasteiger partial charge in [-0.15, -0.1) is 24.0 Å². The monoisotopic (exact) mass is 574 g/mol. The zero-order chi connectivity index (χ0) is 22.1. The molecule has 2 N–H and O–H groups in total. The fourth-order valence-electron chi connectivity index (χ4n) is 3.67. The molecule has 1 aliphatic heterocycles. The van der Waals surface area contributed by atoms with Gasteiger partial charge in [-0.3, -0.25) is 4.68 Å². The van der Waals surface area contributed by atoms with Crippen molar-refractivity contribution < 1.29 is 8.42 Å². The molecule has 1 saturated heterocycles. The van der Waals surface area contributed by atoms with Crippen LogP contribution in [-0.4, -0.2) is 54.6 Å². The molecule has 32 heavy (non-hydrogen) atoms. The van der Waals surface area contributed by atoms with Gasteiger partial charge >= 0.3 is 0 Å². The van der Waals surface area contributed by atoms with Crippen LogP contribution in [0.5, 0.6) is 0 Å². The zero-order valence-corrected chi connectivity index (χ0v) is 22.1. The Morgan fingerprint density at radius 2 is 2.03 bits per heavy atom. The third kappa shape index (κ3) is 7.73. The average Bonchev–Trinajstić information content (AvgIpc) is 3.29. The molecule has 0 bridgehead atoms. The number of aryl methyl sites for hydroxylation is 1. The summed E-state index contributed by atoms with van der Waals surface area (Å²) in [5, 5.41) is 10.8. The van der Waals surface area contributed by atoms with Gasteiger partial charge in [0.2, 0.25) is 10.0 Å². The number of benzene rings is 1. The summed E-state index contributed by atoms with van der Waals surface area (Å²) >= 11 is 0. The Morgan fingerprint density at radius 1 is 1.25 bits per heavy atom. The summed E-state index contributed by atoms with van der Waals surface area (Å²) in [7, 11) is -3.42. The second kappa shape index (κ2) is 13.1. The number of nitrogens with zero attached hydrogens (tertiary/aromatic N) is 4. The minimum Gasteiger partial charge on any atom is -0.357 e. The predicted octanol–water partition coefficient (Wildman–Crippen LogP) is 3.07. The number of rotatable bonds is 9. The van der Waals surface area contributed by atoms with Crippen molar-refractivity contribution in [2.75, 3.05) is 26.2 Å². The van der Waals surface area contributed by atoms with E-state index in [-0.39, 0.29) is 24.0 Å². The molecule has 0 amide bonds. The Bertz CT molecular complexity index is 932. The lowest BCUT2D eigenvalue weighted by Crippen LogP contribution is -2.39. The fraction of sp³-hybridized carbons (Fsp3) is 0.545. The molecule has 1 fully saturated rings. The molecular formula is C22H35IN6O2S. The Balaban J connectivity index is 0.00000363. The van der Waals surface area contributed by atoms with Gasteiger partial charge in [0.1, 0.15) is 0 Å². The van der Waals surface area contributed by atoms with Crippen LogP contribution in [0.25, 0.3) is 0 Å². The first kappa shape index (κ1) is 26.6. The van der Waals surface area contributed by atoms with Crippen LogP contribution in [0.4, 0.5) is 0 Å². The molecular weight excluding hydrogens is 539 g/mol. The number of sulfonamides is 1. The first-order valence-corrected chi connectivity index (χ1v) is 12.5. The summed E-state index contributed by atoms with van der Waals surface area (Å²) in [6, 6.07) is 9.02. The Kier molecular flexibility index (Phi) is 10.9. The first-order valence-electron chi connectivity index (χ1n) is 11.1. The van der Waals surface area contributed by atoms with Gasteiger partial charge in [0, 0.05) is 45.1 Å². The lowest BCUT2D eigenvalue weighted by atomic mass is 10.0. The molecule has 0 spiro atoms. The Hall–Kier alpha value is -1.66. The number of aliphatic imine (C=N–C) groups is 1. The standard InChI is InChI=1S/C22H34N6O2S.HI/c1-3-23-22(24-12-5-14-27-15-6-13-26-27)25-17-20-8-10-21(11-9-20)31(29,30)28-16-4-7-19(2)18-28;/h6,8-11,13,15,19H,3-5,7,12,14,16-18H2,1-2H3,(H2,23,24,25);1H. The normalized spacial score (nSPS) is 17.6. The fourth-order valence-corrected chi connectivity index (χ4v) is 5.27. The third-order valence-electron chi connectivity index (χ3n) is 5.36. The van der Waals surface area contributed by atoms with Crippen LogP contribution in [0.1, 0.15) is 38.7 Å². The highest BCUT2D eigenvalue weighted by Gasteiger charge is 2.28. The van der Waals surface area contributed by atoms with Crippen molar-refractivity contribution in [3.63, 3.8) is 0 Å². The van der Waals surface area contributed by atoms with Crippen LogP contribution in [-0.2, 0) is 23.1 Å². The summed E-state index contributed by atoms with van der Waals surface area (Å²) in [4.78, 5) is 4.98. The minimum absolute atomic E-state index is 0. The largest absolute Gasteiger partial charge is 0.357 e. The van der Waals surface area contributed by atoms with Crippen LogP contribution in [0.15, 0.2) is 52.6 Å². The SMILES string of the molecule is CCNC(=NCc1ccc(S(=O)(=O)N2CCCC(C)C2)cc1)NCCCn1cccn1.I. The lowest BCUT2D eigenvalue weighted by molar-refractivity contribution is 0.281. The molecule has 1 atom stereocenters. The number of halogens is 1. The average molecular weight is 575 g/mol. The minimum atomic E-state index is -3.42. The predicted molar refractivity (Wildman–Crippen MR) is 139 cm³/mol. The van der Waals surface area contributed by atoms with E-state index >= 15 is 0 Å². The molecule has 178 valence electrons. The van der Waals surface area contributed by atoms with Gasteiger partial charge < -0.3 is 10.6 Å². The van der Waals surface area contributed by atoms with Crippen molar-refractivity contribution in [3.8, 4) is 0 Å². The first-order chi connectivity index (χ1) is 15.0. The molecule has 1 aromatic carbocycles. The summed E-state index contributed by atoms with van der Waals surface area (Å²) in [5.74, 6) is 1.16. The molecule has 3 rings (SSSR count). The van der Waals surface area contributed by atoms with Crippen LogP contribution in [0.2, 0.25) is 0 Å². The van der Waals surface area contributed by atoms with Gasteiger partial charge in [0.15, 0.2) is 5.96 Å². The molecule has 0 radical (unpaired) electrons. The van der Waals surface area contributed by atoms with Gasteiger partial charge in [-0.05, 0) is 55.9 Å². The van der Waals surface area contributed by atoms with E-state index in [1.165, 1.54) is 0 Å². The van der Waals surface area contributed by atoms with Gasteiger partial charge in [-0.25, -0.2) is 13.4 Å². The summed E-state index contributed by atoms with van der Waals surface area (Å²) in [6.07, 6.45) is 6.69. The second-order valence-corrected chi connectivity index (χ2v) is 9.94. The van der Waals surface area contributed by atoms with Gasteiger partial charge in [-0.1, -0.05) is 19.1 Å². The van der Waals surface area contributed by atoms with E-state index in [2.05, 4.69) is 27.6 Å². The molecule has 1 aliphatic rings. The summed E-state index contributed by atoms with van der Waals surface area (Å²) in [5.41, 5.74) is 0.972. The van der Waals surface area contributed by atoms with Gasteiger partial charge in [0.05, 0.1) is 11.4 Å². The van der Waals surface area contributed by atoms with Crippen LogP contribution in [0, 0.1) is 5.92 Å². The van der Waals surface area contributed by atoms with Crippen LogP contribution >= 0.6 is 24.0 Å². The van der Waals surface area contributed by atoms with Gasteiger partial charge in [-0.2, -0.15) is 9.40 Å². The smallest absolute Gasteiger partial charge is 0.243 e. The van der Waals surface area contributed by atoms with Crippen LogP contribution < -0.4 is 10.6 Å². The molecule has 10 heteroatoms. The quantitative estimate of drug-likeness (QED) is 0.208. The van der Waals surface area contributed by atoms with E-state index in [1.807, 2.05) is 36.0 Å². The number of piperidine rings is 1. The van der Waals surface area contributed by atoms with E-state index in [4.69, 9.17) is 0 Å². The maximum absolute atomic E-state index is 12.9. The highest BCUT2D eigenvalue weighted by atomic mass is 127. The van der Waals surface area contributed by atoms with Gasteiger partial charge in [0.25, 0.3) is 0 Å². The molecule has 1 aromatic heterocycles. The molecule has 8 nitrogen and oxygen atoms in total. The topological polar surface area (TPSA) is 91.6 Å². The maximum Gasteiger partial charge on any atom is 0.243 e. The Morgan fingerprint density at radius 3 is 2.69 bits per heavy atom. The number of hydrogen-bond donors (Lipinski definition) is 2. The lowest BCUT2D eigenvalue weighted by Gasteiger charge is -2.30. The number of aromatic nitrogens is 2. The highest BCUT2D eigenvalue weighted by Crippen LogP contribution is 2.23. The van der Waals surface area contributed by atoms with Crippen LogP contribution in [0.3, 0.4) is 0 Å². The van der Waals surface area contributed by atoms with Crippen molar-refractivity contribution in [2.45, 2.75) is 51.1 Å². The maximum atomic E-state index is 12.9. The molecule has 2 aromatic rings. The summed E-state index contributed by atoms with van der Waals surface area (Å²) in [6.45, 7) is 8.25. The van der Waals surface area contributed by atoms with E-state index < -0.39 is 10.0 Å². The van der Waals surface area contributed by atoms with E-state index in [9.17, 15) is 8.42 Å². The summed E-state index contributed by atoms with van der Waals surface area (Å²) < 4.78 is 29.3. The van der Waals surface area contributed by atoms with E-state index in [0.717, 1.165) is 50.4 Å². The molecule has 0 saturated carbocycles. The molecule has 0 aliphatic carbocycles. The molecule has 1 unspecified atom stereocenters. The third-order valence-corrected chi connectivity index (χ3v) is 7.24. The number of hydrogen-bond acceptors (Lipinski definition) is 4. The molecule has 2 heterocycles. The Labute approximate surface area is 208 Å². The van der Waals surface area contributed by atoms with Crippen molar-refractivity contribution in [2.24, 2.45) is 10.9 Å².